The molecule has 0 bridgehead atoms. The maximum atomic E-state index is 11.6. The molecule has 23 heavy (non-hydrogen) atoms. The van der Waals surface area contributed by atoms with Gasteiger partial charge in [0.1, 0.15) is 0 Å². The van der Waals surface area contributed by atoms with Crippen molar-refractivity contribution in [2.75, 3.05) is 6.61 Å². The standard InChI is InChI=1S/C20H16O3/c1-2-23-20(22)19(21)15-14-18-11-7-6-10-17(18)13-12-16-8-4-3-5-9-16/h3-11,14-15H,2H2,1H3/b15-14+. The van der Waals surface area contributed by atoms with Gasteiger partial charge in [-0.15, -0.1) is 0 Å². The van der Waals surface area contributed by atoms with Gasteiger partial charge in [-0.2, -0.15) is 0 Å². The molecule has 2 aromatic carbocycles. The van der Waals surface area contributed by atoms with E-state index in [1.165, 1.54) is 6.08 Å². The number of ether oxygens (including phenoxy) is 1. The van der Waals surface area contributed by atoms with Crippen molar-refractivity contribution in [3.63, 3.8) is 0 Å². The molecule has 114 valence electrons. The van der Waals surface area contributed by atoms with Crippen molar-refractivity contribution in [2.24, 2.45) is 0 Å². The van der Waals surface area contributed by atoms with E-state index >= 15 is 0 Å². The van der Waals surface area contributed by atoms with Crippen LogP contribution in [0.1, 0.15) is 23.6 Å². The van der Waals surface area contributed by atoms with Crippen molar-refractivity contribution in [2.45, 2.75) is 6.92 Å². The van der Waals surface area contributed by atoms with Gasteiger partial charge in [0, 0.05) is 11.1 Å². The molecule has 0 fully saturated rings. The van der Waals surface area contributed by atoms with Gasteiger partial charge in [0.15, 0.2) is 0 Å². The molecule has 0 saturated heterocycles. The van der Waals surface area contributed by atoms with E-state index in [0.29, 0.717) is 0 Å². The molecule has 0 unspecified atom stereocenters. The van der Waals surface area contributed by atoms with Crippen molar-refractivity contribution in [1.29, 1.82) is 0 Å². The minimum Gasteiger partial charge on any atom is -0.460 e. The summed E-state index contributed by atoms with van der Waals surface area (Å²) in [5.41, 5.74) is 2.46. The molecule has 0 saturated carbocycles. The third-order valence-corrected chi connectivity index (χ3v) is 2.97. The van der Waals surface area contributed by atoms with Crippen molar-refractivity contribution >= 4 is 17.8 Å². The molecular weight excluding hydrogens is 288 g/mol. The average Bonchev–Trinajstić information content (AvgIpc) is 2.59. The summed E-state index contributed by atoms with van der Waals surface area (Å²) < 4.78 is 4.66. The second-order valence-corrected chi connectivity index (χ2v) is 4.62. The SMILES string of the molecule is CCOC(=O)C(=O)/C=C/c1ccccc1C#Cc1ccccc1. The van der Waals surface area contributed by atoms with Crippen LogP contribution in [0.25, 0.3) is 6.08 Å². The Morgan fingerprint density at radius 2 is 1.70 bits per heavy atom. The summed E-state index contributed by atoms with van der Waals surface area (Å²) in [7, 11) is 0. The number of hydrogen-bond donors (Lipinski definition) is 0. The van der Waals surface area contributed by atoms with Crippen LogP contribution in [-0.2, 0) is 14.3 Å². The molecule has 0 amide bonds. The highest BCUT2D eigenvalue weighted by atomic mass is 16.5. The van der Waals surface area contributed by atoms with E-state index in [9.17, 15) is 9.59 Å². The minimum atomic E-state index is -0.850. The maximum Gasteiger partial charge on any atom is 0.379 e. The third-order valence-electron chi connectivity index (χ3n) is 2.97. The summed E-state index contributed by atoms with van der Waals surface area (Å²) >= 11 is 0. The Labute approximate surface area is 135 Å². The summed E-state index contributed by atoms with van der Waals surface area (Å²) in [5.74, 6) is 4.62. The van der Waals surface area contributed by atoms with E-state index in [4.69, 9.17) is 0 Å². The fourth-order valence-corrected chi connectivity index (χ4v) is 1.85. The maximum absolute atomic E-state index is 11.6. The zero-order chi connectivity index (χ0) is 16.5. The van der Waals surface area contributed by atoms with E-state index in [-0.39, 0.29) is 6.61 Å². The van der Waals surface area contributed by atoms with Crippen LogP contribution < -0.4 is 0 Å². The number of carbonyl (C=O) groups is 2. The van der Waals surface area contributed by atoms with Crippen LogP contribution in [0.15, 0.2) is 60.7 Å². The number of ketones is 1. The van der Waals surface area contributed by atoms with Crippen LogP contribution in [0.3, 0.4) is 0 Å². The topological polar surface area (TPSA) is 43.4 Å². The van der Waals surface area contributed by atoms with Gasteiger partial charge in [-0.05, 0) is 42.8 Å². The van der Waals surface area contributed by atoms with Gasteiger partial charge in [-0.1, -0.05) is 48.2 Å². The largest absolute Gasteiger partial charge is 0.460 e. The van der Waals surface area contributed by atoms with Gasteiger partial charge in [-0.25, -0.2) is 4.79 Å². The normalized spacial score (nSPS) is 9.96. The predicted molar refractivity (Wildman–Crippen MR) is 89.5 cm³/mol. The molecule has 3 nitrogen and oxygen atoms in total. The molecule has 0 spiro atoms. The molecule has 0 aromatic heterocycles. The second kappa shape index (κ2) is 8.35. The zero-order valence-electron chi connectivity index (χ0n) is 12.8. The Kier molecular flexibility index (Phi) is 5.90. The molecule has 0 aliphatic carbocycles. The van der Waals surface area contributed by atoms with E-state index in [1.54, 1.807) is 13.0 Å². The second-order valence-electron chi connectivity index (χ2n) is 4.62. The molecule has 0 radical (unpaired) electrons. The first-order valence-corrected chi connectivity index (χ1v) is 7.26. The molecule has 3 heteroatoms. The number of esters is 1. The summed E-state index contributed by atoms with van der Waals surface area (Å²) in [6, 6.07) is 17.1. The van der Waals surface area contributed by atoms with Crippen LogP contribution in [0.5, 0.6) is 0 Å². The molecule has 2 aromatic rings. The van der Waals surface area contributed by atoms with Crippen LogP contribution >= 0.6 is 0 Å². The van der Waals surface area contributed by atoms with Crippen molar-refractivity contribution < 1.29 is 14.3 Å². The Balaban J connectivity index is 2.20. The van der Waals surface area contributed by atoms with Gasteiger partial charge in [-0.3, -0.25) is 4.79 Å². The molecule has 0 aliphatic heterocycles. The van der Waals surface area contributed by atoms with E-state index in [0.717, 1.165) is 16.7 Å². The van der Waals surface area contributed by atoms with Crippen molar-refractivity contribution in [3.8, 4) is 11.8 Å². The summed E-state index contributed by atoms with van der Waals surface area (Å²) in [6.07, 6.45) is 2.79. The van der Waals surface area contributed by atoms with Crippen molar-refractivity contribution in [1.82, 2.24) is 0 Å². The number of carbonyl (C=O) groups excluding carboxylic acids is 2. The lowest BCUT2D eigenvalue weighted by Gasteiger charge is -1.99. The van der Waals surface area contributed by atoms with Crippen LogP contribution in [0.2, 0.25) is 0 Å². The first-order chi connectivity index (χ1) is 11.2. The van der Waals surface area contributed by atoms with Gasteiger partial charge in [0.05, 0.1) is 6.61 Å². The highest BCUT2D eigenvalue weighted by Gasteiger charge is 2.10. The van der Waals surface area contributed by atoms with E-state index in [2.05, 4.69) is 16.6 Å². The molecule has 0 N–H and O–H groups in total. The number of rotatable bonds is 4. The monoisotopic (exact) mass is 304 g/mol. The Hall–Kier alpha value is -3.12. The number of benzene rings is 2. The summed E-state index contributed by atoms with van der Waals surface area (Å²) in [5, 5.41) is 0. The molecular formula is C20H16O3. The van der Waals surface area contributed by atoms with Crippen LogP contribution in [0.4, 0.5) is 0 Å². The number of hydrogen-bond acceptors (Lipinski definition) is 3. The first kappa shape index (κ1) is 16.3. The van der Waals surface area contributed by atoms with E-state index in [1.807, 2.05) is 54.6 Å². The van der Waals surface area contributed by atoms with Gasteiger partial charge in [0.25, 0.3) is 5.78 Å². The molecule has 0 atom stereocenters. The van der Waals surface area contributed by atoms with Crippen LogP contribution in [0, 0.1) is 11.8 Å². The fraction of sp³-hybridized carbons (Fsp3) is 0.100. The van der Waals surface area contributed by atoms with Gasteiger partial charge in [0.2, 0.25) is 0 Å². The minimum absolute atomic E-state index is 0.178. The molecule has 0 aliphatic rings. The Morgan fingerprint density at radius 1 is 1.00 bits per heavy atom. The highest BCUT2D eigenvalue weighted by Crippen LogP contribution is 2.10. The lowest BCUT2D eigenvalue weighted by molar-refractivity contribution is -0.151. The van der Waals surface area contributed by atoms with E-state index < -0.39 is 11.8 Å². The van der Waals surface area contributed by atoms with Gasteiger partial charge >= 0.3 is 5.97 Å². The average molecular weight is 304 g/mol. The lowest BCUT2D eigenvalue weighted by Crippen LogP contribution is -2.14. The molecule has 0 heterocycles. The zero-order valence-corrected chi connectivity index (χ0v) is 12.8. The summed E-state index contributed by atoms with van der Waals surface area (Å²) in [4.78, 5) is 22.9. The lowest BCUT2D eigenvalue weighted by atomic mass is 10.1. The predicted octanol–water partition coefficient (Wildman–Crippen LogP) is 3.23. The molecule has 2 rings (SSSR count). The Bertz CT molecular complexity index is 777. The summed E-state index contributed by atoms with van der Waals surface area (Å²) in [6.45, 7) is 1.83. The first-order valence-electron chi connectivity index (χ1n) is 7.26. The van der Waals surface area contributed by atoms with Crippen LogP contribution in [-0.4, -0.2) is 18.4 Å². The fourth-order valence-electron chi connectivity index (χ4n) is 1.85. The third kappa shape index (κ3) is 4.98. The highest BCUT2D eigenvalue weighted by molar-refractivity contribution is 6.39. The van der Waals surface area contributed by atoms with Crippen molar-refractivity contribution in [3.05, 3.63) is 77.4 Å². The smallest absolute Gasteiger partial charge is 0.379 e. The Morgan fingerprint density at radius 3 is 2.43 bits per heavy atom. The van der Waals surface area contributed by atoms with Gasteiger partial charge < -0.3 is 4.74 Å². The quantitative estimate of drug-likeness (QED) is 0.377.